The zero-order valence-electron chi connectivity index (χ0n) is 35.2. The zero-order valence-corrected chi connectivity index (χ0v) is 35.2. The molecule has 324 valence electrons. The number of aliphatic hydroxyl groups is 2. The highest BCUT2D eigenvalue weighted by molar-refractivity contribution is 6.03. The number of rotatable bonds is 21. The number of nitrogens with zero attached hydrogens (tertiary/aromatic N) is 2. The third kappa shape index (κ3) is 9.81. The van der Waals surface area contributed by atoms with Gasteiger partial charge in [-0.25, -0.2) is 4.79 Å². The Balaban J connectivity index is 1.37. The van der Waals surface area contributed by atoms with E-state index in [0.717, 1.165) is 58.7 Å². The van der Waals surface area contributed by atoms with Crippen molar-refractivity contribution >= 4 is 22.6 Å². The summed E-state index contributed by atoms with van der Waals surface area (Å²) in [5, 5.41) is 37.6. The summed E-state index contributed by atoms with van der Waals surface area (Å²) in [7, 11) is 0. The van der Waals surface area contributed by atoms with Crippen molar-refractivity contribution in [1.82, 2.24) is 4.90 Å². The van der Waals surface area contributed by atoms with Crippen LogP contribution in [0.1, 0.15) is 74.5 Å². The maximum atomic E-state index is 15.0. The minimum absolute atomic E-state index is 0.0213. The van der Waals surface area contributed by atoms with Gasteiger partial charge < -0.3 is 39.1 Å². The van der Waals surface area contributed by atoms with Crippen LogP contribution in [-0.4, -0.2) is 83.5 Å². The van der Waals surface area contributed by atoms with E-state index in [-0.39, 0.29) is 69.5 Å². The van der Waals surface area contributed by atoms with Crippen LogP contribution >= 0.6 is 0 Å². The summed E-state index contributed by atoms with van der Waals surface area (Å²) in [5.41, 5.74) is 4.41. The van der Waals surface area contributed by atoms with Gasteiger partial charge in [-0.3, -0.25) is 4.90 Å². The third-order valence-corrected chi connectivity index (χ3v) is 12.4. The highest BCUT2D eigenvalue weighted by Crippen LogP contribution is 2.62. The molecule has 0 saturated heterocycles. The Hall–Kier alpha value is -5.20. The molecule has 1 fully saturated rings. The molecule has 2 aliphatic carbocycles. The summed E-state index contributed by atoms with van der Waals surface area (Å²) in [4.78, 5) is 22.6. The van der Waals surface area contributed by atoms with Gasteiger partial charge in [-0.1, -0.05) is 103 Å². The number of ether oxygens (including phenoxy) is 4. The standard InChI is InChI=1S/C50H60N2O9/c1-3-27-59-50-46(52(33-38-20-14-19-36-17-8-9-21-40(36)38)49(56)58-29-28-57-34-35-15-6-5-7-16-35)32-44(51-60-4-2)42-30-37(18-10-12-25-53)41(22-11-13-26-54)47(48(42)50)43-31-39(55)23-24-45(43)61-50/h3,5-9,14-17,19-21,23-24,30-31,37,41,46-48,53-55H,1,4,10-13,18,22,25-29,32-34H2,2H3/t37-,41+,46-,47+,48+,50+/m0/s1. The zero-order chi connectivity index (χ0) is 42.6. The van der Waals surface area contributed by atoms with E-state index in [2.05, 4.69) is 30.9 Å². The monoisotopic (exact) mass is 832 g/mol. The summed E-state index contributed by atoms with van der Waals surface area (Å²) >= 11 is 0. The maximum absolute atomic E-state index is 15.0. The van der Waals surface area contributed by atoms with Crippen LogP contribution in [0.25, 0.3) is 10.8 Å². The van der Waals surface area contributed by atoms with Crippen LogP contribution in [0.5, 0.6) is 11.5 Å². The molecule has 0 spiro atoms. The topological polar surface area (TPSA) is 140 Å². The molecule has 7 rings (SSSR count). The van der Waals surface area contributed by atoms with E-state index in [1.807, 2.05) is 61.5 Å². The lowest BCUT2D eigenvalue weighted by molar-refractivity contribution is -0.256. The van der Waals surface area contributed by atoms with Crippen LogP contribution in [0.15, 0.2) is 120 Å². The van der Waals surface area contributed by atoms with Gasteiger partial charge in [-0.2, -0.15) is 0 Å². The quantitative estimate of drug-likeness (QED) is 0.0426. The average molecular weight is 833 g/mol. The van der Waals surface area contributed by atoms with Crippen LogP contribution in [0.4, 0.5) is 4.79 Å². The number of phenolic OH excluding ortho intramolecular Hbond substituents is 1. The van der Waals surface area contributed by atoms with Crippen molar-refractivity contribution in [2.75, 3.05) is 39.6 Å². The lowest BCUT2D eigenvalue weighted by Crippen LogP contribution is -2.70. The minimum atomic E-state index is -1.47. The number of hydrogen-bond acceptors (Lipinski definition) is 10. The minimum Gasteiger partial charge on any atom is -0.508 e. The molecule has 1 saturated carbocycles. The fourth-order valence-corrected chi connectivity index (χ4v) is 9.75. The summed E-state index contributed by atoms with van der Waals surface area (Å²) in [6.07, 6.45) is 8.21. The van der Waals surface area contributed by atoms with E-state index >= 15 is 0 Å². The average Bonchev–Trinajstić information content (AvgIpc) is 3.28. The number of hydrogen-bond donors (Lipinski definition) is 3. The number of aliphatic hydroxyl groups excluding tert-OH is 2. The molecule has 61 heavy (non-hydrogen) atoms. The van der Waals surface area contributed by atoms with Crippen LogP contribution in [0.2, 0.25) is 0 Å². The fraction of sp³-hybridized carbons (Fsp3) is 0.440. The largest absolute Gasteiger partial charge is 0.508 e. The molecular formula is C50H60N2O9. The smallest absolute Gasteiger partial charge is 0.410 e. The maximum Gasteiger partial charge on any atom is 0.410 e. The highest BCUT2D eigenvalue weighted by atomic mass is 16.7. The van der Waals surface area contributed by atoms with Gasteiger partial charge in [0, 0.05) is 31.1 Å². The summed E-state index contributed by atoms with van der Waals surface area (Å²) in [6.45, 7) is 7.35. The number of aromatic hydroxyl groups is 1. The van der Waals surface area contributed by atoms with Crippen LogP contribution in [0.3, 0.4) is 0 Å². The first-order chi connectivity index (χ1) is 29.9. The van der Waals surface area contributed by atoms with Gasteiger partial charge in [0.05, 0.1) is 38.0 Å². The van der Waals surface area contributed by atoms with E-state index in [1.54, 1.807) is 29.2 Å². The number of carbonyl (C=O) groups excluding carboxylic acids is 1. The van der Waals surface area contributed by atoms with E-state index in [0.29, 0.717) is 37.5 Å². The van der Waals surface area contributed by atoms with Crippen molar-refractivity contribution in [2.45, 2.75) is 82.8 Å². The molecule has 6 atom stereocenters. The van der Waals surface area contributed by atoms with E-state index in [9.17, 15) is 20.1 Å². The van der Waals surface area contributed by atoms with Crippen LogP contribution in [-0.2, 0) is 32.2 Å². The van der Waals surface area contributed by atoms with Gasteiger partial charge in [-0.05, 0) is 90.1 Å². The molecule has 0 unspecified atom stereocenters. The second kappa shape index (κ2) is 21.1. The van der Waals surface area contributed by atoms with Gasteiger partial charge in [0.1, 0.15) is 30.8 Å². The Morgan fingerprint density at radius 3 is 2.51 bits per heavy atom. The molecule has 1 heterocycles. The summed E-state index contributed by atoms with van der Waals surface area (Å²) < 4.78 is 26.4. The second-order valence-electron chi connectivity index (χ2n) is 16.1. The second-order valence-corrected chi connectivity index (χ2v) is 16.1. The first kappa shape index (κ1) is 43.9. The van der Waals surface area contributed by atoms with Crippen molar-refractivity contribution in [3.8, 4) is 11.5 Å². The van der Waals surface area contributed by atoms with Gasteiger partial charge in [-0.15, -0.1) is 6.58 Å². The van der Waals surface area contributed by atoms with Crippen molar-refractivity contribution in [1.29, 1.82) is 0 Å². The summed E-state index contributed by atoms with van der Waals surface area (Å²) in [5.74, 6) is -1.45. The molecule has 0 radical (unpaired) electrons. The molecule has 1 amide bonds. The molecule has 0 aromatic heterocycles. The first-order valence-electron chi connectivity index (χ1n) is 21.8. The van der Waals surface area contributed by atoms with Gasteiger partial charge in [0.25, 0.3) is 0 Å². The SMILES string of the molecule is C=CCO[C@@]12Oc3ccc(O)cc3[C@H]3[C@H](CCCCO)[C@@H](CCCCO)C=C(C(=NOCC)C[C@@H]1N(Cc1cccc4ccccc14)C(=O)OCCOCc1ccccc1)[C@H]32. The van der Waals surface area contributed by atoms with Crippen molar-refractivity contribution in [3.05, 3.63) is 132 Å². The Labute approximate surface area is 359 Å². The number of fused-ring (bicyclic) bond motifs is 3. The number of benzene rings is 4. The van der Waals surface area contributed by atoms with Crippen molar-refractivity contribution in [3.63, 3.8) is 0 Å². The number of allylic oxidation sites excluding steroid dienone is 1. The van der Waals surface area contributed by atoms with E-state index in [4.69, 9.17) is 28.9 Å². The lowest BCUT2D eigenvalue weighted by atomic mass is 9.55. The number of unbranched alkanes of at least 4 members (excludes halogenated alkanes) is 2. The molecular weight excluding hydrogens is 773 g/mol. The molecule has 1 aliphatic heterocycles. The van der Waals surface area contributed by atoms with Gasteiger partial charge in [0.2, 0.25) is 5.79 Å². The fourth-order valence-electron chi connectivity index (χ4n) is 9.75. The number of carbonyl (C=O) groups is 1. The predicted octanol–water partition coefficient (Wildman–Crippen LogP) is 9.05. The molecule has 4 aromatic carbocycles. The number of oxime groups is 1. The van der Waals surface area contributed by atoms with E-state index < -0.39 is 23.8 Å². The first-order valence-corrected chi connectivity index (χ1v) is 21.8. The van der Waals surface area contributed by atoms with Gasteiger partial charge in [0.15, 0.2) is 0 Å². The molecule has 11 heteroatoms. The Morgan fingerprint density at radius 1 is 0.951 bits per heavy atom. The lowest BCUT2D eigenvalue weighted by Gasteiger charge is -2.59. The molecule has 4 aromatic rings. The molecule has 3 N–H and O–H groups in total. The van der Waals surface area contributed by atoms with Crippen LogP contribution in [0, 0.1) is 17.8 Å². The Bertz CT molecular complexity index is 2130. The number of phenols is 1. The molecule has 3 aliphatic rings. The van der Waals surface area contributed by atoms with Crippen LogP contribution < -0.4 is 4.74 Å². The molecule has 11 nitrogen and oxygen atoms in total. The third-order valence-electron chi connectivity index (χ3n) is 12.4. The Kier molecular flexibility index (Phi) is 15.1. The normalized spacial score (nSPS) is 23.4. The summed E-state index contributed by atoms with van der Waals surface area (Å²) in [6, 6.07) is 28.5. The van der Waals surface area contributed by atoms with Gasteiger partial charge >= 0.3 is 6.09 Å². The number of amides is 1. The Morgan fingerprint density at radius 2 is 1.72 bits per heavy atom. The molecule has 0 bridgehead atoms. The highest BCUT2D eigenvalue weighted by Gasteiger charge is 2.65. The van der Waals surface area contributed by atoms with Crippen molar-refractivity contribution < 1.29 is 43.9 Å². The predicted molar refractivity (Wildman–Crippen MR) is 235 cm³/mol. The van der Waals surface area contributed by atoms with E-state index in [1.165, 1.54) is 0 Å². The van der Waals surface area contributed by atoms with Crippen molar-refractivity contribution in [2.24, 2.45) is 22.9 Å².